The predicted octanol–water partition coefficient (Wildman–Crippen LogP) is 3.07. The van der Waals surface area contributed by atoms with Gasteiger partial charge in [-0.05, 0) is 30.2 Å². The number of halogens is 1. The van der Waals surface area contributed by atoms with Gasteiger partial charge in [0.1, 0.15) is 0 Å². The van der Waals surface area contributed by atoms with E-state index in [0.29, 0.717) is 0 Å². The zero-order valence-electron chi connectivity index (χ0n) is 7.57. The summed E-state index contributed by atoms with van der Waals surface area (Å²) in [6, 6.07) is 10.8. The van der Waals surface area contributed by atoms with E-state index in [9.17, 15) is 4.39 Å². The lowest BCUT2D eigenvalue weighted by Gasteiger charge is -2.00. The van der Waals surface area contributed by atoms with Crippen molar-refractivity contribution in [3.05, 3.63) is 61.0 Å². The van der Waals surface area contributed by atoms with Gasteiger partial charge in [-0.2, -0.15) is 4.39 Å². The van der Waals surface area contributed by atoms with Crippen LogP contribution < -0.4 is 0 Å². The molecule has 0 saturated heterocycles. The monoisotopic (exact) mass is 186 g/mol. The van der Waals surface area contributed by atoms with Crippen LogP contribution in [0.2, 0.25) is 0 Å². The summed E-state index contributed by atoms with van der Waals surface area (Å²) in [5.74, 6) is -0.456. The Bertz CT molecular complexity index is 374. The molecule has 0 spiro atoms. The second kappa shape index (κ2) is 3.58. The van der Waals surface area contributed by atoms with Crippen LogP contribution in [-0.2, 0) is 0 Å². The van der Waals surface area contributed by atoms with E-state index in [1.54, 1.807) is 6.07 Å². The molecular formula is C12H9FN. The van der Waals surface area contributed by atoms with Gasteiger partial charge in [0.25, 0.3) is 0 Å². The first-order valence-corrected chi connectivity index (χ1v) is 4.30. The molecule has 0 unspecified atom stereocenters. The zero-order valence-corrected chi connectivity index (χ0v) is 7.57. The average molecular weight is 186 g/mol. The van der Waals surface area contributed by atoms with Gasteiger partial charge in [-0.15, -0.1) is 0 Å². The first-order chi connectivity index (χ1) is 6.75. The SMILES string of the molecule is [CH2]c1ccc(-c2ccc(F)nc2)cc1. The van der Waals surface area contributed by atoms with E-state index in [4.69, 9.17) is 0 Å². The minimum Gasteiger partial charge on any atom is -0.228 e. The van der Waals surface area contributed by atoms with Crippen molar-refractivity contribution in [2.45, 2.75) is 0 Å². The molecule has 14 heavy (non-hydrogen) atoms. The number of hydrogen-bond donors (Lipinski definition) is 0. The second-order valence-electron chi connectivity index (χ2n) is 3.07. The molecule has 0 aliphatic rings. The summed E-state index contributed by atoms with van der Waals surface area (Å²) in [4.78, 5) is 3.60. The fourth-order valence-corrected chi connectivity index (χ4v) is 1.24. The van der Waals surface area contributed by atoms with Gasteiger partial charge in [0, 0.05) is 11.8 Å². The molecule has 2 heteroatoms. The third kappa shape index (κ3) is 1.79. The maximum absolute atomic E-state index is 12.5. The van der Waals surface area contributed by atoms with Crippen LogP contribution in [0.25, 0.3) is 11.1 Å². The second-order valence-corrected chi connectivity index (χ2v) is 3.07. The summed E-state index contributed by atoms with van der Waals surface area (Å²) in [5, 5.41) is 0. The maximum Gasteiger partial charge on any atom is 0.212 e. The number of rotatable bonds is 1. The van der Waals surface area contributed by atoms with E-state index in [0.717, 1.165) is 16.7 Å². The lowest BCUT2D eigenvalue weighted by Crippen LogP contribution is -1.83. The fourth-order valence-electron chi connectivity index (χ4n) is 1.24. The highest BCUT2D eigenvalue weighted by molar-refractivity contribution is 5.62. The molecule has 2 rings (SSSR count). The lowest BCUT2D eigenvalue weighted by atomic mass is 10.1. The van der Waals surface area contributed by atoms with Gasteiger partial charge in [0.15, 0.2) is 0 Å². The highest BCUT2D eigenvalue weighted by Crippen LogP contribution is 2.18. The minimum absolute atomic E-state index is 0.456. The van der Waals surface area contributed by atoms with Crippen molar-refractivity contribution in [1.29, 1.82) is 0 Å². The number of aromatic nitrogens is 1. The molecule has 0 aliphatic heterocycles. The Balaban J connectivity index is 2.40. The Morgan fingerprint density at radius 1 is 0.929 bits per heavy atom. The summed E-state index contributed by atoms with van der Waals surface area (Å²) in [5.41, 5.74) is 2.89. The number of hydrogen-bond acceptors (Lipinski definition) is 1. The van der Waals surface area contributed by atoms with Crippen molar-refractivity contribution >= 4 is 0 Å². The van der Waals surface area contributed by atoms with E-state index in [1.165, 1.54) is 12.3 Å². The maximum atomic E-state index is 12.5. The Morgan fingerprint density at radius 3 is 2.14 bits per heavy atom. The van der Waals surface area contributed by atoms with E-state index in [1.807, 2.05) is 24.3 Å². The van der Waals surface area contributed by atoms with E-state index < -0.39 is 5.95 Å². The van der Waals surface area contributed by atoms with Gasteiger partial charge in [0.05, 0.1) is 0 Å². The average Bonchev–Trinajstić information content (AvgIpc) is 2.21. The number of benzene rings is 1. The van der Waals surface area contributed by atoms with Crippen molar-refractivity contribution < 1.29 is 4.39 Å². The Labute approximate surface area is 82.2 Å². The summed E-state index contributed by atoms with van der Waals surface area (Å²) in [6.07, 6.45) is 1.52. The normalized spacial score (nSPS) is 10.1. The summed E-state index contributed by atoms with van der Waals surface area (Å²) in [6.45, 7) is 3.79. The topological polar surface area (TPSA) is 12.9 Å². The third-order valence-electron chi connectivity index (χ3n) is 2.01. The van der Waals surface area contributed by atoms with Crippen LogP contribution in [0.5, 0.6) is 0 Å². The van der Waals surface area contributed by atoms with Gasteiger partial charge >= 0.3 is 0 Å². The van der Waals surface area contributed by atoms with Crippen LogP contribution in [0.3, 0.4) is 0 Å². The molecule has 0 fully saturated rings. The molecular weight excluding hydrogens is 177 g/mol. The first-order valence-electron chi connectivity index (χ1n) is 4.30. The summed E-state index contributed by atoms with van der Waals surface area (Å²) in [7, 11) is 0. The Morgan fingerprint density at radius 2 is 1.57 bits per heavy atom. The third-order valence-corrected chi connectivity index (χ3v) is 2.01. The van der Waals surface area contributed by atoms with Crippen LogP contribution in [0.1, 0.15) is 5.56 Å². The van der Waals surface area contributed by atoms with E-state index in [2.05, 4.69) is 11.9 Å². The zero-order chi connectivity index (χ0) is 9.97. The smallest absolute Gasteiger partial charge is 0.212 e. The lowest BCUT2D eigenvalue weighted by molar-refractivity contribution is 0.584. The van der Waals surface area contributed by atoms with Crippen LogP contribution >= 0.6 is 0 Å². The predicted molar refractivity (Wildman–Crippen MR) is 54.1 cm³/mol. The molecule has 1 aromatic heterocycles. The van der Waals surface area contributed by atoms with Crippen LogP contribution in [-0.4, -0.2) is 4.98 Å². The van der Waals surface area contributed by atoms with Gasteiger partial charge in [0.2, 0.25) is 5.95 Å². The minimum atomic E-state index is -0.456. The Kier molecular flexibility index (Phi) is 2.27. The molecule has 1 aromatic carbocycles. The van der Waals surface area contributed by atoms with Crippen molar-refractivity contribution in [3.8, 4) is 11.1 Å². The highest BCUT2D eigenvalue weighted by Gasteiger charge is 1.97. The molecule has 1 nitrogen and oxygen atoms in total. The molecule has 69 valence electrons. The molecule has 0 N–H and O–H groups in total. The summed E-state index contributed by atoms with van der Waals surface area (Å²) >= 11 is 0. The van der Waals surface area contributed by atoms with Crippen molar-refractivity contribution in [1.82, 2.24) is 4.98 Å². The van der Waals surface area contributed by atoms with Gasteiger partial charge in [-0.25, -0.2) is 4.98 Å². The molecule has 0 saturated carbocycles. The van der Waals surface area contributed by atoms with Gasteiger partial charge in [-0.1, -0.05) is 24.3 Å². The van der Waals surface area contributed by atoms with Crippen LogP contribution in [0.4, 0.5) is 4.39 Å². The van der Waals surface area contributed by atoms with E-state index >= 15 is 0 Å². The molecule has 0 aliphatic carbocycles. The molecule has 0 atom stereocenters. The Hall–Kier alpha value is -1.70. The van der Waals surface area contributed by atoms with Crippen LogP contribution in [0, 0.1) is 12.9 Å². The van der Waals surface area contributed by atoms with Crippen molar-refractivity contribution in [2.24, 2.45) is 0 Å². The van der Waals surface area contributed by atoms with Crippen LogP contribution in [0.15, 0.2) is 42.6 Å². The molecule has 2 aromatic rings. The number of nitrogens with zero attached hydrogens (tertiary/aromatic N) is 1. The highest BCUT2D eigenvalue weighted by atomic mass is 19.1. The number of pyridine rings is 1. The molecule has 0 amide bonds. The summed E-state index contributed by atoms with van der Waals surface area (Å²) < 4.78 is 12.5. The quantitative estimate of drug-likeness (QED) is 0.624. The van der Waals surface area contributed by atoms with Crippen molar-refractivity contribution in [2.75, 3.05) is 0 Å². The van der Waals surface area contributed by atoms with E-state index in [-0.39, 0.29) is 0 Å². The van der Waals surface area contributed by atoms with Gasteiger partial charge < -0.3 is 0 Å². The van der Waals surface area contributed by atoms with Gasteiger partial charge in [-0.3, -0.25) is 0 Å². The fraction of sp³-hybridized carbons (Fsp3) is 0. The van der Waals surface area contributed by atoms with Crippen molar-refractivity contribution in [3.63, 3.8) is 0 Å². The standard InChI is InChI=1S/C12H9FN/c1-9-2-4-10(5-3-9)11-6-7-12(13)14-8-11/h2-8H,1H2. The largest absolute Gasteiger partial charge is 0.228 e. The first kappa shape index (κ1) is 8.88. The molecule has 1 heterocycles. The molecule has 0 bridgehead atoms. The molecule has 1 radical (unpaired) electrons.